The first kappa shape index (κ1) is 17.0. The summed E-state index contributed by atoms with van der Waals surface area (Å²) < 4.78 is 33.7. The van der Waals surface area contributed by atoms with Crippen LogP contribution in [-0.2, 0) is 14.8 Å². The van der Waals surface area contributed by atoms with E-state index in [4.69, 9.17) is 22.1 Å². The van der Waals surface area contributed by atoms with Crippen LogP contribution in [0.2, 0.25) is 5.02 Å². The molecule has 3 N–H and O–H groups in total. The summed E-state index contributed by atoms with van der Waals surface area (Å²) in [6, 6.07) is 2.71. The van der Waals surface area contributed by atoms with Gasteiger partial charge in [0.05, 0.1) is 15.0 Å². The highest BCUT2D eigenvalue weighted by atomic mass is 79.9. The second kappa shape index (κ2) is 6.04. The largest absolute Gasteiger partial charge is 0.398 e. The van der Waals surface area contributed by atoms with Crippen LogP contribution in [0, 0.1) is 0 Å². The SMILES string of the molecule is CC1(C)CC(NS(=O)(=O)c2cc(Cl)cc(N)c2Br)CCO1. The normalized spacial score (nSPS) is 22.2. The Labute approximate surface area is 138 Å². The fraction of sp³-hybridized carbons (Fsp3) is 0.538. The molecule has 5 nitrogen and oxygen atoms in total. The molecular formula is C13H18BrClN2O3S. The average Bonchev–Trinajstić information content (AvgIpc) is 2.31. The molecule has 1 fully saturated rings. The van der Waals surface area contributed by atoms with Crippen molar-refractivity contribution < 1.29 is 13.2 Å². The summed E-state index contributed by atoms with van der Waals surface area (Å²) in [6.07, 6.45) is 1.25. The van der Waals surface area contributed by atoms with Gasteiger partial charge in [-0.05, 0) is 54.8 Å². The molecule has 2 rings (SSSR count). The Bertz CT molecular complexity index is 649. The topological polar surface area (TPSA) is 81.4 Å². The van der Waals surface area contributed by atoms with E-state index in [0.29, 0.717) is 23.9 Å². The van der Waals surface area contributed by atoms with Gasteiger partial charge in [0.1, 0.15) is 0 Å². The quantitative estimate of drug-likeness (QED) is 0.768. The van der Waals surface area contributed by atoms with Gasteiger partial charge in [-0.1, -0.05) is 11.6 Å². The van der Waals surface area contributed by atoms with Crippen molar-refractivity contribution in [1.29, 1.82) is 0 Å². The molecule has 0 spiro atoms. The third-order valence-electron chi connectivity index (χ3n) is 3.34. The molecule has 0 saturated carbocycles. The zero-order valence-electron chi connectivity index (χ0n) is 11.8. The average molecular weight is 398 g/mol. The molecule has 1 aromatic carbocycles. The smallest absolute Gasteiger partial charge is 0.242 e. The van der Waals surface area contributed by atoms with Crippen LogP contribution < -0.4 is 10.5 Å². The van der Waals surface area contributed by atoms with E-state index < -0.39 is 10.0 Å². The van der Waals surface area contributed by atoms with Gasteiger partial charge in [0, 0.05) is 23.4 Å². The van der Waals surface area contributed by atoms with E-state index in [0.717, 1.165) is 0 Å². The standard InChI is InChI=1S/C13H18BrClN2O3S/c1-13(2)7-9(3-4-20-13)17-21(18,19)11-6-8(15)5-10(16)12(11)14/h5-6,9,17H,3-4,7,16H2,1-2H3. The maximum absolute atomic E-state index is 12.5. The number of anilines is 1. The van der Waals surface area contributed by atoms with Crippen LogP contribution in [0.5, 0.6) is 0 Å². The molecule has 1 saturated heterocycles. The van der Waals surface area contributed by atoms with Gasteiger partial charge in [-0.3, -0.25) is 0 Å². The Balaban J connectivity index is 2.27. The number of benzene rings is 1. The van der Waals surface area contributed by atoms with Gasteiger partial charge in [0.2, 0.25) is 10.0 Å². The van der Waals surface area contributed by atoms with Gasteiger partial charge in [-0.15, -0.1) is 0 Å². The van der Waals surface area contributed by atoms with Crippen molar-refractivity contribution >= 4 is 43.2 Å². The van der Waals surface area contributed by atoms with E-state index in [-0.39, 0.29) is 27.2 Å². The van der Waals surface area contributed by atoms with Gasteiger partial charge in [0.15, 0.2) is 0 Å². The third-order valence-corrected chi connectivity index (χ3v) is 6.25. The first-order chi connectivity index (χ1) is 9.61. The third kappa shape index (κ3) is 4.10. The summed E-state index contributed by atoms with van der Waals surface area (Å²) in [6.45, 7) is 4.42. The number of halogens is 2. The first-order valence-corrected chi connectivity index (χ1v) is 9.17. The molecule has 0 aromatic heterocycles. The Morgan fingerprint density at radius 3 is 2.76 bits per heavy atom. The molecule has 21 heavy (non-hydrogen) atoms. The van der Waals surface area contributed by atoms with Crippen molar-refractivity contribution in [3.05, 3.63) is 21.6 Å². The number of nitrogens with one attached hydrogen (secondary N) is 1. The maximum Gasteiger partial charge on any atom is 0.242 e. The van der Waals surface area contributed by atoms with E-state index >= 15 is 0 Å². The molecule has 1 heterocycles. The molecule has 118 valence electrons. The summed E-state index contributed by atoms with van der Waals surface area (Å²) >= 11 is 9.11. The summed E-state index contributed by atoms with van der Waals surface area (Å²) in [5.74, 6) is 0. The fourth-order valence-electron chi connectivity index (χ4n) is 2.40. The summed E-state index contributed by atoms with van der Waals surface area (Å²) in [7, 11) is -3.70. The number of hydrogen-bond donors (Lipinski definition) is 2. The Morgan fingerprint density at radius 1 is 1.48 bits per heavy atom. The predicted octanol–water partition coefficient (Wildman–Crippen LogP) is 2.92. The number of rotatable bonds is 3. The molecule has 1 unspecified atom stereocenters. The second-order valence-corrected chi connectivity index (χ2v) is 8.64. The van der Waals surface area contributed by atoms with Crippen molar-refractivity contribution in [2.75, 3.05) is 12.3 Å². The molecule has 1 aliphatic heterocycles. The molecule has 0 aliphatic carbocycles. The van der Waals surface area contributed by atoms with E-state index in [1.165, 1.54) is 12.1 Å². The highest BCUT2D eigenvalue weighted by Gasteiger charge is 2.32. The molecule has 1 aromatic rings. The molecule has 0 bridgehead atoms. The van der Waals surface area contributed by atoms with Crippen molar-refractivity contribution in [3.8, 4) is 0 Å². The minimum Gasteiger partial charge on any atom is -0.398 e. The van der Waals surface area contributed by atoms with Crippen molar-refractivity contribution in [2.45, 2.75) is 43.2 Å². The van der Waals surface area contributed by atoms with Crippen molar-refractivity contribution in [1.82, 2.24) is 4.72 Å². The van der Waals surface area contributed by atoms with Crippen LogP contribution in [0.1, 0.15) is 26.7 Å². The molecule has 0 radical (unpaired) electrons. The zero-order chi connectivity index (χ0) is 15.8. The number of ether oxygens (including phenoxy) is 1. The van der Waals surface area contributed by atoms with Crippen molar-refractivity contribution in [3.63, 3.8) is 0 Å². The number of hydrogen-bond acceptors (Lipinski definition) is 4. The van der Waals surface area contributed by atoms with Crippen LogP contribution in [0.3, 0.4) is 0 Å². The number of sulfonamides is 1. The predicted molar refractivity (Wildman–Crippen MR) is 86.9 cm³/mol. The summed E-state index contributed by atoms with van der Waals surface area (Å²) in [5.41, 5.74) is 5.70. The van der Waals surface area contributed by atoms with Gasteiger partial charge < -0.3 is 10.5 Å². The van der Waals surface area contributed by atoms with E-state index in [2.05, 4.69) is 20.7 Å². The summed E-state index contributed by atoms with van der Waals surface area (Å²) in [4.78, 5) is 0.0526. The second-order valence-electron chi connectivity index (χ2n) is 5.73. The van der Waals surface area contributed by atoms with Gasteiger partial charge in [-0.25, -0.2) is 13.1 Å². The molecule has 1 atom stereocenters. The van der Waals surface area contributed by atoms with Crippen molar-refractivity contribution in [2.24, 2.45) is 0 Å². The van der Waals surface area contributed by atoms with Crippen LogP contribution in [0.15, 0.2) is 21.5 Å². The van der Waals surface area contributed by atoms with Gasteiger partial charge in [0.25, 0.3) is 0 Å². The maximum atomic E-state index is 12.5. The Morgan fingerprint density at radius 2 is 2.14 bits per heavy atom. The van der Waals surface area contributed by atoms with Crippen LogP contribution in [-0.4, -0.2) is 26.7 Å². The highest BCUT2D eigenvalue weighted by Crippen LogP contribution is 2.32. The van der Waals surface area contributed by atoms with Crippen LogP contribution in [0.25, 0.3) is 0 Å². The molecule has 8 heteroatoms. The number of nitrogen functional groups attached to an aromatic ring is 1. The van der Waals surface area contributed by atoms with E-state index in [1.807, 2.05) is 13.8 Å². The van der Waals surface area contributed by atoms with Crippen LogP contribution >= 0.6 is 27.5 Å². The molecule has 0 amide bonds. The number of nitrogens with two attached hydrogens (primary N) is 1. The van der Waals surface area contributed by atoms with E-state index in [9.17, 15) is 8.42 Å². The summed E-state index contributed by atoms with van der Waals surface area (Å²) in [5, 5.41) is 0.281. The van der Waals surface area contributed by atoms with Gasteiger partial charge in [-0.2, -0.15) is 0 Å². The zero-order valence-corrected chi connectivity index (χ0v) is 15.0. The Kier molecular flexibility index (Phi) is 4.90. The Hall–Kier alpha value is -0.340. The van der Waals surface area contributed by atoms with Gasteiger partial charge >= 0.3 is 0 Å². The lowest BCUT2D eigenvalue weighted by molar-refractivity contribution is -0.0599. The lowest BCUT2D eigenvalue weighted by atomic mass is 9.95. The first-order valence-electron chi connectivity index (χ1n) is 6.51. The van der Waals surface area contributed by atoms with E-state index in [1.54, 1.807) is 0 Å². The monoisotopic (exact) mass is 396 g/mol. The minimum absolute atomic E-state index is 0.0526. The lowest BCUT2D eigenvalue weighted by Crippen LogP contribution is -2.45. The highest BCUT2D eigenvalue weighted by molar-refractivity contribution is 9.10. The molecular weight excluding hydrogens is 380 g/mol. The molecule has 1 aliphatic rings. The fourth-order valence-corrected chi connectivity index (χ4v) is 4.96. The minimum atomic E-state index is -3.70. The van der Waals surface area contributed by atoms with Crippen LogP contribution in [0.4, 0.5) is 5.69 Å². The lowest BCUT2D eigenvalue weighted by Gasteiger charge is -2.35.